The quantitative estimate of drug-likeness (QED) is 0.823. The number of nitrogens with zero attached hydrogens (tertiary/aromatic N) is 3. The lowest BCUT2D eigenvalue weighted by Crippen LogP contribution is -2.50. The molecule has 1 aliphatic heterocycles. The summed E-state index contributed by atoms with van der Waals surface area (Å²) in [7, 11) is 0. The van der Waals surface area contributed by atoms with E-state index in [2.05, 4.69) is 9.80 Å². The van der Waals surface area contributed by atoms with Crippen LogP contribution in [0.4, 0.5) is 15.8 Å². The first-order valence-corrected chi connectivity index (χ1v) is 9.16. The molecular formula is C21H26FN3O. The van der Waals surface area contributed by atoms with Crippen molar-refractivity contribution < 1.29 is 9.18 Å². The molecule has 0 saturated carbocycles. The van der Waals surface area contributed by atoms with Crippen LogP contribution in [0.3, 0.4) is 0 Å². The lowest BCUT2D eigenvalue weighted by atomic mass is 10.2. The van der Waals surface area contributed by atoms with Crippen LogP contribution in [0.2, 0.25) is 0 Å². The van der Waals surface area contributed by atoms with Gasteiger partial charge in [0.15, 0.2) is 0 Å². The highest BCUT2D eigenvalue weighted by molar-refractivity contribution is 5.94. The molecule has 26 heavy (non-hydrogen) atoms. The number of piperazine rings is 1. The van der Waals surface area contributed by atoms with Gasteiger partial charge in [0.1, 0.15) is 5.82 Å². The Kier molecular flexibility index (Phi) is 5.89. The summed E-state index contributed by atoms with van der Waals surface area (Å²) in [6, 6.07) is 14.7. The fraction of sp³-hybridized carbons (Fsp3) is 0.381. The van der Waals surface area contributed by atoms with Gasteiger partial charge in [0.05, 0.1) is 6.54 Å². The zero-order valence-electron chi connectivity index (χ0n) is 15.5. The Morgan fingerprint density at radius 3 is 2.38 bits per heavy atom. The molecule has 1 fully saturated rings. The van der Waals surface area contributed by atoms with Crippen LogP contribution in [-0.4, -0.2) is 50.1 Å². The van der Waals surface area contributed by atoms with Crippen molar-refractivity contribution in [3.8, 4) is 0 Å². The molecule has 0 radical (unpaired) electrons. The third kappa shape index (κ3) is 4.41. The van der Waals surface area contributed by atoms with Crippen molar-refractivity contribution in [2.24, 2.45) is 0 Å². The van der Waals surface area contributed by atoms with Crippen molar-refractivity contribution in [2.45, 2.75) is 13.8 Å². The second-order valence-corrected chi connectivity index (χ2v) is 6.72. The number of rotatable bonds is 5. The monoisotopic (exact) mass is 355 g/mol. The van der Waals surface area contributed by atoms with Crippen molar-refractivity contribution in [1.29, 1.82) is 0 Å². The number of benzene rings is 2. The first-order valence-electron chi connectivity index (χ1n) is 9.16. The second kappa shape index (κ2) is 8.32. The van der Waals surface area contributed by atoms with E-state index in [-0.39, 0.29) is 11.7 Å². The molecule has 3 rings (SSSR count). The summed E-state index contributed by atoms with van der Waals surface area (Å²) in [6.07, 6.45) is 0. The molecule has 0 bridgehead atoms. The Balaban J connectivity index is 1.56. The number of halogens is 1. The van der Waals surface area contributed by atoms with E-state index in [1.54, 1.807) is 0 Å². The van der Waals surface area contributed by atoms with Crippen molar-refractivity contribution >= 4 is 17.3 Å². The van der Waals surface area contributed by atoms with Gasteiger partial charge in [-0.05, 0) is 55.8 Å². The zero-order chi connectivity index (χ0) is 18.5. The molecule has 1 amide bonds. The third-order valence-electron chi connectivity index (χ3n) is 4.85. The maximum atomic E-state index is 13.1. The molecule has 2 aromatic rings. The van der Waals surface area contributed by atoms with E-state index in [9.17, 15) is 9.18 Å². The zero-order valence-corrected chi connectivity index (χ0v) is 15.5. The molecule has 0 N–H and O–H groups in total. The van der Waals surface area contributed by atoms with Gasteiger partial charge in [-0.1, -0.05) is 12.1 Å². The Morgan fingerprint density at radius 1 is 1.08 bits per heavy atom. The molecule has 1 heterocycles. The van der Waals surface area contributed by atoms with Crippen LogP contribution in [0.25, 0.3) is 0 Å². The Labute approximate surface area is 154 Å². The Hall–Kier alpha value is -2.40. The molecule has 5 heteroatoms. The van der Waals surface area contributed by atoms with Gasteiger partial charge in [0.25, 0.3) is 0 Å². The van der Waals surface area contributed by atoms with Gasteiger partial charge in [-0.2, -0.15) is 0 Å². The fourth-order valence-electron chi connectivity index (χ4n) is 3.39. The van der Waals surface area contributed by atoms with Crippen LogP contribution in [0.5, 0.6) is 0 Å². The van der Waals surface area contributed by atoms with Crippen LogP contribution in [0.15, 0.2) is 48.5 Å². The lowest BCUT2D eigenvalue weighted by molar-refractivity contribution is -0.119. The van der Waals surface area contributed by atoms with Crippen LogP contribution in [0, 0.1) is 12.7 Å². The number of hydrogen-bond acceptors (Lipinski definition) is 3. The van der Waals surface area contributed by atoms with E-state index in [4.69, 9.17) is 0 Å². The van der Waals surface area contributed by atoms with Crippen LogP contribution >= 0.6 is 0 Å². The number of carbonyl (C=O) groups excluding carboxylic acids is 1. The summed E-state index contributed by atoms with van der Waals surface area (Å²) in [5.41, 5.74) is 3.15. The van der Waals surface area contributed by atoms with Gasteiger partial charge < -0.3 is 9.80 Å². The topological polar surface area (TPSA) is 26.8 Å². The molecule has 0 atom stereocenters. The minimum atomic E-state index is -0.214. The van der Waals surface area contributed by atoms with Crippen molar-refractivity contribution in [2.75, 3.05) is 49.1 Å². The van der Waals surface area contributed by atoms with Gasteiger partial charge >= 0.3 is 0 Å². The number of anilines is 2. The molecule has 1 saturated heterocycles. The molecule has 0 aromatic heterocycles. The van der Waals surface area contributed by atoms with Crippen molar-refractivity contribution in [3.63, 3.8) is 0 Å². The lowest BCUT2D eigenvalue weighted by Gasteiger charge is -2.36. The van der Waals surface area contributed by atoms with E-state index >= 15 is 0 Å². The van der Waals surface area contributed by atoms with E-state index in [0.29, 0.717) is 13.1 Å². The molecule has 4 nitrogen and oxygen atoms in total. The summed E-state index contributed by atoms with van der Waals surface area (Å²) in [5.74, 6) is -0.0814. The largest absolute Gasteiger partial charge is 0.369 e. The summed E-state index contributed by atoms with van der Waals surface area (Å²) in [5, 5.41) is 0. The number of likely N-dealkylation sites (N-methyl/N-ethyl adjacent to an activating group) is 1. The molecule has 0 unspecified atom stereocenters. The fourth-order valence-corrected chi connectivity index (χ4v) is 3.39. The van der Waals surface area contributed by atoms with E-state index in [1.807, 2.05) is 55.1 Å². The second-order valence-electron chi connectivity index (χ2n) is 6.72. The molecule has 0 aliphatic carbocycles. The van der Waals surface area contributed by atoms with Gasteiger partial charge in [-0.3, -0.25) is 9.69 Å². The summed E-state index contributed by atoms with van der Waals surface area (Å²) >= 11 is 0. The predicted molar refractivity (Wildman–Crippen MR) is 104 cm³/mol. The van der Waals surface area contributed by atoms with Crippen LogP contribution < -0.4 is 9.80 Å². The first-order chi connectivity index (χ1) is 12.6. The van der Waals surface area contributed by atoms with Gasteiger partial charge in [0.2, 0.25) is 5.91 Å². The van der Waals surface area contributed by atoms with E-state index < -0.39 is 0 Å². The van der Waals surface area contributed by atoms with Crippen molar-refractivity contribution in [1.82, 2.24) is 4.90 Å². The highest BCUT2D eigenvalue weighted by atomic mass is 19.1. The number of amides is 1. The maximum Gasteiger partial charge on any atom is 0.241 e. The van der Waals surface area contributed by atoms with Crippen molar-refractivity contribution in [3.05, 3.63) is 59.9 Å². The van der Waals surface area contributed by atoms with E-state index in [0.717, 1.165) is 43.1 Å². The first kappa shape index (κ1) is 18.4. The molecule has 0 spiro atoms. The Bertz CT molecular complexity index is 739. The summed E-state index contributed by atoms with van der Waals surface area (Å²) in [6.45, 7) is 8.48. The minimum absolute atomic E-state index is 0.133. The summed E-state index contributed by atoms with van der Waals surface area (Å²) < 4.78 is 13.1. The van der Waals surface area contributed by atoms with Gasteiger partial charge in [-0.25, -0.2) is 4.39 Å². The number of carbonyl (C=O) groups is 1. The predicted octanol–water partition coefficient (Wildman–Crippen LogP) is 3.31. The van der Waals surface area contributed by atoms with Gasteiger partial charge in [-0.15, -0.1) is 0 Å². The summed E-state index contributed by atoms with van der Waals surface area (Å²) in [4.78, 5) is 19.0. The Morgan fingerprint density at radius 2 is 1.77 bits per heavy atom. The average Bonchev–Trinajstić information content (AvgIpc) is 2.64. The number of hydrogen-bond donors (Lipinski definition) is 0. The smallest absolute Gasteiger partial charge is 0.241 e. The SMILES string of the molecule is CCN(C(=O)CN1CCN(c2ccc(F)cc2)CC1)c1cccc(C)c1. The van der Waals surface area contributed by atoms with Gasteiger partial charge in [0, 0.05) is 44.1 Å². The molecule has 2 aromatic carbocycles. The molecular weight excluding hydrogens is 329 g/mol. The maximum absolute atomic E-state index is 13.1. The normalized spacial score (nSPS) is 15.1. The standard InChI is InChI=1S/C21H26FN3O/c1-3-25(20-6-4-5-17(2)15-20)21(26)16-23-11-13-24(14-12-23)19-9-7-18(22)8-10-19/h4-10,15H,3,11-14,16H2,1-2H3. The van der Waals surface area contributed by atoms with Crippen LogP contribution in [0.1, 0.15) is 12.5 Å². The average molecular weight is 355 g/mol. The van der Waals surface area contributed by atoms with Crippen LogP contribution in [-0.2, 0) is 4.79 Å². The highest BCUT2D eigenvalue weighted by Gasteiger charge is 2.22. The highest BCUT2D eigenvalue weighted by Crippen LogP contribution is 2.18. The third-order valence-corrected chi connectivity index (χ3v) is 4.85. The molecule has 138 valence electrons. The minimum Gasteiger partial charge on any atom is -0.369 e. The number of aryl methyl sites for hydroxylation is 1. The molecule has 1 aliphatic rings. The van der Waals surface area contributed by atoms with E-state index in [1.165, 1.54) is 12.1 Å².